The number of ether oxygens (including phenoxy) is 2. The lowest BCUT2D eigenvalue weighted by atomic mass is 10.1. The molecule has 0 amide bonds. The highest BCUT2D eigenvalue weighted by molar-refractivity contribution is 6.39. The van der Waals surface area contributed by atoms with E-state index in [0.717, 1.165) is 19.4 Å². The summed E-state index contributed by atoms with van der Waals surface area (Å²) in [6, 6.07) is 2.67. The smallest absolute Gasteiger partial charge is 0.272 e. The molecule has 8 heteroatoms. The maximum Gasteiger partial charge on any atom is 0.272 e. The number of halogens is 2. The molecule has 3 rings (SSSR count). The Labute approximate surface area is 138 Å². The molecule has 0 N–H and O–H groups in total. The summed E-state index contributed by atoms with van der Waals surface area (Å²) in [7, 11) is 0. The van der Waals surface area contributed by atoms with Crippen LogP contribution < -0.4 is 4.90 Å². The Morgan fingerprint density at radius 1 is 1.18 bits per heavy atom. The van der Waals surface area contributed by atoms with Crippen LogP contribution in [0.25, 0.3) is 0 Å². The molecular formula is C14H16Cl2N2O4. The first-order chi connectivity index (χ1) is 10.6. The van der Waals surface area contributed by atoms with Crippen molar-refractivity contribution in [3.8, 4) is 0 Å². The number of nitrogens with zero attached hydrogens (tertiary/aromatic N) is 2. The van der Waals surface area contributed by atoms with E-state index in [-0.39, 0.29) is 27.9 Å². The molecule has 6 nitrogen and oxygen atoms in total. The summed E-state index contributed by atoms with van der Waals surface area (Å²) in [6.45, 7) is 2.57. The first-order valence-corrected chi connectivity index (χ1v) is 7.93. The fraction of sp³-hybridized carbons (Fsp3) is 0.571. The molecule has 2 unspecified atom stereocenters. The SMILES string of the molecule is O=[N+]([O-])c1cc(Cl)c(N2CCOC(C3CCCO3)C2)c(Cl)c1. The Balaban J connectivity index is 1.82. The molecule has 0 aliphatic carbocycles. The Kier molecular flexibility index (Phi) is 4.73. The zero-order chi connectivity index (χ0) is 15.7. The molecule has 2 aliphatic heterocycles. The normalized spacial score (nSPS) is 25.5. The Bertz CT molecular complexity index is 555. The molecule has 1 aromatic rings. The highest BCUT2D eigenvalue weighted by Gasteiger charge is 2.32. The van der Waals surface area contributed by atoms with Gasteiger partial charge < -0.3 is 14.4 Å². The van der Waals surface area contributed by atoms with Crippen LogP contribution in [0.2, 0.25) is 10.0 Å². The van der Waals surface area contributed by atoms with E-state index in [1.54, 1.807) is 0 Å². The van der Waals surface area contributed by atoms with Crippen LogP contribution in [0, 0.1) is 10.1 Å². The number of non-ortho nitro benzene ring substituents is 1. The molecule has 0 radical (unpaired) electrons. The molecule has 2 aliphatic rings. The van der Waals surface area contributed by atoms with E-state index in [4.69, 9.17) is 32.7 Å². The number of rotatable bonds is 3. The molecular weight excluding hydrogens is 331 g/mol. The van der Waals surface area contributed by atoms with Gasteiger partial charge in [-0.2, -0.15) is 0 Å². The number of hydrogen-bond donors (Lipinski definition) is 0. The summed E-state index contributed by atoms with van der Waals surface area (Å²) in [5.74, 6) is 0. The van der Waals surface area contributed by atoms with Gasteiger partial charge in [-0.1, -0.05) is 23.2 Å². The van der Waals surface area contributed by atoms with Crippen LogP contribution in [-0.4, -0.2) is 43.4 Å². The molecule has 2 fully saturated rings. The maximum atomic E-state index is 10.9. The van der Waals surface area contributed by atoms with E-state index in [0.29, 0.717) is 25.4 Å². The van der Waals surface area contributed by atoms with Crippen LogP contribution in [0.3, 0.4) is 0 Å². The lowest BCUT2D eigenvalue weighted by Crippen LogP contribution is -2.47. The summed E-state index contributed by atoms with van der Waals surface area (Å²) in [4.78, 5) is 12.4. The van der Waals surface area contributed by atoms with Crippen LogP contribution in [0.4, 0.5) is 11.4 Å². The molecule has 0 aromatic heterocycles. The third-order valence-corrected chi connectivity index (χ3v) is 4.58. The van der Waals surface area contributed by atoms with E-state index in [1.807, 2.05) is 4.90 Å². The fourth-order valence-electron chi connectivity index (χ4n) is 2.96. The average Bonchev–Trinajstić information content (AvgIpc) is 3.01. The third kappa shape index (κ3) is 3.15. The van der Waals surface area contributed by atoms with E-state index in [1.165, 1.54) is 12.1 Å². The van der Waals surface area contributed by atoms with Gasteiger partial charge in [0.2, 0.25) is 0 Å². The van der Waals surface area contributed by atoms with Gasteiger partial charge in [-0.15, -0.1) is 0 Å². The van der Waals surface area contributed by atoms with Crippen LogP contribution in [0.1, 0.15) is 12.8 Å². The largest absolute Gasteiger partial charge is 0.375 e. The van der Waals surface area contributed by atoms with Gasteiger partial charge in [-0.25, -0.2) is 0 Å². The van der Waals surface area contributed by atoms with Crippen molar-refractivity contribution in [1.29, 1.82) is 0 Å². The number of morpholine rings is 1. The first-order valence-electron chi connectivity index (χ1n) is 7.18. The summed E-state index contributed by atoms with van der Waals surface area (Å²) in [5, 5.41) is 11.4. The molecule has 0 saturated carbocycles. The number of anilines is 1. The van der Waals surface area contributed by atoms with Crippen molar-refractivity contribution in [3.05, 3.63) is 32.3 Å². The summed E-state index contributed by atoms with van der Waals surface area (Å²) < 4.78 is 11.5. The molecule has 120 valence electrons. The monoisotopic (exact) mass is 346 g/mol. The predicted molar refractivity (Wildman–Crippen MR) is 84.0 cm³/mol. The Morgan fingerprint density at radius 3 is 2.45 bits per heavy atom. The minimum Gasteiger partial charge on any atom is -0.375 e. The summed E-state index contributed by atoms with van der Waals surface area (Å²) >= 11 is 12.4. The van der Waals surface area contributed by atoms with Gasteiger partial charge in [-0.05, 0) is 12.8 Å². The van der Waals surface area contributed by atoms with Crippen molar-refractivity contribution < 1.29 is 14.4 Å². The maximum absolute atomic E-state index is 10.9. The van der Waals surface area contributed by atoms with Crippen molar-refractivity contribution in [2.24, 2.45) is 0 Å². The van der Waals surface area contributed by atoms with Crippen molar-refractivity contribution in [2.75, 3.05) is 31.2 Å². The van der Waals surface area contributed by atoms with Crippen molar-refractivity contribution in [3.63, 3.8) is 0 Å². The summed E-state index contributed by atoms with van der Waals surface area (Å²) in [5.41, 5.74) is 0.517. The molecule has 0 spiro atoms. The molecule has 22 heavy (non-hydrogen) atoms. The second kappa shape index (κ2) is 6.58. The van der Waals surface area contributed by atoms with Crippen molar-refractivity contribution in [1.82, 2.24) is 0 Å². The molecule has 1 aromatic carbocycles. The number of hydrogen-bond acceptors (Lipinski definition) is 5. The molecule has 2 heterocycles. The molecule has 2 saturated heterocycles. The van der Waals surface area contributed by atoms with Gasteiger partial charge in [0.15, 0.2) is 0 Å². The minimum absolute atomic E-state index is 0.0291. The topological polar surface area (TPSA) is 64.8 Å². The summed E-state index contributed by atoms with van der Waals surface area (Å²) in [6.07, 6.45) is 2.10. The lowest BCUT2D eigenvalue weighted by molar-refractivity contribution is -0.384. The first kappa shape index (κ1) is 15.8. The van der Waals surface area contributed by atoms with E-state index >= 15 is 0 Å². The average molecular weight is 347 g/mol. The number of benzene rings is 1. The minimum atomic E-state index is -0.504. The third-order valence-electron chi connectivity index (χ3n) is 4.00. The highest BCUT2D eigenvalue weighted by Crippen LogP contribution is 2.38. The zero-order valence-corrected chi connectivity index (χ0v) is 13.3. The number of nitro groups is 1. The van der Waals surface area contributed by atoms with Crippen LogP contribution in [0.5, 0.6) is 0 Å². The zero-order valence-electron chi connectivity index (χ0n) is 11.8. The fourth-order valence-corrected chi connectivity index (χ4v) is 3.67. The van der Waals surface area contributed by atoms with Crippen LogP contribution in [-0.2, 0) is 9.47 Å². The van der Waals surface area contributed by atoms with Gasteiger partial charge in [0, 0.05) is 31.8 Å². The van der Waals surface area contributed by atoms with Crippen molar-refractivity contribution in [2.45, 2.75) is 25.0 Å². The number of nitro benzene ring substituents is 1. The Morgan fingerprint density at radius 2 is 1.86 bits per heavy atom. The second-order valence-corrected chi connectivity index (χ2v) is 6.24. The second-order valence-electron chi connectivity index (χ2n) is 5.42. The van der Waals surface area contributed by atoms with E-state index in [2.05, 4.69) is 0 Å². The van der Waals surface area contributed by atoms with E-state index in [9.17, 15) is 10.1 Å². The van der Waals surface area contributed by atoms with Gasteiger partial charge in [0.1, 0.15) is 6.10 Å². The predicted octanol–water partition coefficient (Wildman–Crippen LogP) is 3.29. The highest BCUT2D eigenvalue weighted by atomic mass is 35.5. The molecule has 2 atom stereocenters. The van der Waals surface area contributed by atoms with Gasteiger partial charge >= 0.3 is 0 Å². The van der Waals surface area contributed by atoms with Crippen LogP contribution in [0.15, 0.2) is 12.1 Å². The van der Waals surface area contributed by atoms with Gasteiger partial charge in [0.25, 0.3) is 5.69 Å². The Hall–Kier alpha value is -1.08. The van der Waals surface area contributed by atoms with Gasteiger partial charge in [0.05, 0.1) is 33.4 Å². The molecule has 0 bridgehead atoms. The standard InChI is InChI=1S/C14H16Cl2N2O4/c15-10-6-9(18(19)20)7-11(16)14(10)17-3-5-22-13(8-17)12-2-1-4-21-12/h6-7,12-13H,1-5,8H2. The lowest BCUT2D eigenvalue weighted by Gasteiger charge is -2.37. The van der Waals surface area contributed by atoms with E-state index < -0.39 is 4.92 Å². The van der Waals surface area contributed by atoms with Crippen LogP contribution >= 0.6 is 23.2 Å². The van der Waals surface area contributed by atoms with Crippen molar-refractivity contribution >= 4 is 34.6 Å². The quantitative estimate of drug-likeness (QED) is 0.620. The van der Waals surface area contributed by atoms with Gasteiger partial charge in [-0.3, -0.25) is 10.1 Å².